The van der Waals surface area contributed by atoms with E-state index in [4.69, 9.17) is 0 Å². The average molecular weight is 356 g/mol. The predicted molar refractivity (Wildman–Crippen MR) is 98.5 cm³/mol. The van der Waals surface area contributed by atoms with Gasteiger partial charge in [0.1, 0.15) is 11.1 Å². The van der Waals surface area contributed by atoms with Crippen LogP contribution in [0.15, 0.2) is 35.5 Å². The lowest BCUT2D eigenvalue weighted by atomic mass is 10.1. The lowest BCUT2D eigenvalue weighted by Crippen LogP contribution is -2.31. The Morgan fingerprint density at radius 1 is 1.20 bits per heavy atom. The first-order chi connectivity index (χ1) is 12.3. The number of thioether (sulfide) groups is 1. The number of amides is 1. The maximum atomic E-state index is 13.2. The molecule has 6 heteroatoms. The fourth-order valence-electron chi connectivity index (χ4n) is 3.43. The third-order valence-electron chi connectivity index (χ3n) is 4.97. The summed E-state index contributed by atoms with van der Waals surface area (Å²) in [6.07, 6.45) is 4.62. The van der Waals surface area contributed by atoms with Gasteiger partial charge in [-0.2, -0.15) is 0 Å². The van der Waals surface area contributed by atoms with Crippen LogP contribution < -0.4 is 0 Å². The van der Waals surface area contributed by atoms with Gasteiger partial charge in [-0.15, -0.1) is 10.2 Å². The lowest BCUT2D eigenvalue weighted by Gasteiger charge is -2.23. The SMILES string of the molecule is CCn1c(S[C@@H](C(=O)N2CCCC2)c2ccccc2)nnc1C1CC1. The van der Waals surface area contributed by atoms with Crippen LogP contribution in [0.3, 0.4) is 0 Å². The summed E-state index contributed by atoms with van der Waals surface area (Å²) in [5.41, 5.74) is 1.04. The smallest absolute Gasteiger partial charge is 0.240 e. The van der Waals surface area contributed by atoms with Gasteiger partial charge in [-0.1, -0.05) is 42.1 Å². The quantitative estimate of drug-likeness (QED) is 0.742. The van der Waals surface area contributed by atoms with Gasteiger partial charge < -0.3 is 9.47 Å². The zero-order valence-corrected chi connectivity index (χ0v) is 15.4. The summed E-state index contributed by atoms with van der Waals surface area (Å²) in [5.74, 6) is 1.85. The second kappa shape index (κ2) is 7.20. The molecule has 0 N–H and O–H groups in total. The Labute approximate surface area is 152 Å². The van der Waals surface area contributed by atoms with E-state index in [2.05, 4.69) is 21.7 Å². The maximum Gasteiger partial charge on any atom is 0.240 e. The zero-order valence-electron chi connectivity index (χ0n) is 14.6. The van der Waals surface area contributed by atoms with Crippen molar-refractivity contribution in [1.29, 1.82) is 0 Å². The van der Waals surface area contributed by atoms with Crippen molar-refractivity contribution < 1.29 is 4.79 Å². The minimum Gasteiger partial charge on any atom is -0.341 e. The molecule has 1 aliphatic heterocycles. The molecular weight excluding hydrogens is 332 g/mol. The maximum absolute atomic E-state index is 13.2. The summed E-state index contributed by atoms with van der Waals surface area (Å²) in [6.45, 7) is 4.72. The van der Waals surface area contributed by atoms with Gasteiger partial charge in [-0.25, -0.2) is 0 Å². The summed E-state index contributed by atoms with van der Waals surface area (Å²) in [4.78, 5) is 15.1. The van der Waals surface area contributed by atoms with Crippen LogP contribution in [0.4, 0.5) is 0 Å². The largest absolute Gasteiger partial charge is 0.341 e. The van der Waals surface area contributed by atoms with E-state index < -0.39 is 0 Å². The number of nitrogens with zero attached hydrogens (tertiary/aromatic N) is 4. The molecule has 0 bridgehead atoms. The Balaban J connectivity index is 1.63. The van der Waals surface area contributed by atoms with Gasteiger partial charge >= 0.3 is 0 Å². The van der Waals surface area contributed by atoms with E-state index in [1.54, 1.807) is 11.8 Å². The van der Waals surface area contributed by atoms with Crippen LogP contribution >= 0.6 is 11.8 Å². The molecule has 5 nitrogen and oxygen atoms in total. The van der Waals surface area contributed by atoms with Crippen molar-refractivity contribution in [2.24, 2.45) is 0 Å². The fraction of sp³-hybridized carbons (Fsp3) is 0.526. The van der Waals surface area contributed by atoms with Gasteiger partial charge in [-0.05, 0) is 38.2 Å². The molecule has 0 unspecified atom stereocenters. The Morgan fingerprint density at radius 2 is 1.92 bits per heavy atom. The highest BCUT2D eigenvalue weighted by Gasteiger charge is 2.33. The van der Waals surface area contributed by atoms with Crippen molar-refractivity contribution in [3.8, 4) is 0 Å². The van der Waals surface area contributed by atoms with Crippen molar-refractivity contribution >= 4 is 17.7 Å². The molecule has 2 aromatic rings. The molecule has 2 aliphatic rings. The first-order valence-electron chi connectivity index (χ1n) is 9.21. The topological polar surface area (TPSA) is 51.0 Å². The first kappa shape index (κ1) is 16.6. The van der Waals surface area contributed by atoms with Crippen LogP contribution in [0.2, 0.25) is 0 Å². The molecule has 4 rings (SSSR count). The second-order valence-electron chi connectivity index (χ2n) is 6.80. The van der Waals surface area contributed by atoms with E-state index in [1.807, 2.05) is 35.2 Å². The van der Waals surface area contributed by atoms with Gasteiger partial charge in [0.2, 0.25) is 5.91 Å². The molecule has 2 heterocycles. The van der Waals surface area contributed by atoms with Crippen LogP contribution in [0.1, 0.15) is 55.2 Å². The standard InChI is InChI=1S/C19H24N4OS/c1-2-23-17(15-10-11-15)20-21-19(23)25-16(14-8-4-3-5-9-14)18(24)22-12-6-7-13-22/h3-5,8-9,15-16H,2,6-7,10-13H2,1H3/t16-/m1/s1. The van der Waals surface area contributed by atoms with Crippen molar-refractivity contribution in [1.82, 2.24) is 19.7 Å². The number of hydrogen-bond acceptors (Lipinski definition) is 4. The van der Waals surface area contributed by atoms with E-state index in [9.17, 15) is 4.79 Å². The minimum absolute atomic E-state index is 0.201. The normalized spacial score (nSPS) is 18.5. The van der Waals surface area contributed by atoms with E-state index in [0.29, 0.717) is 5.92 Å². The molecule has 1 atom stereocenters. The van der Waals surface area contributed by atoms with Crippen LogP contribution in [-0.4, -0.2) is 38.7 Å². The number of carbonyl (C=O) groups is 1. The molecule has 1 aliphatic carbocycles. The first-order valence-corrected chi connectivity index (χ1v) is 10.1. The fourth-order valence-corrected chi connectivity index (χ4v) is 4.62. The van der Waals surface area contributed by atoms with E-state index in [1.165, 1.54) is 12.8 Å². The van der Waals surface area contributed by atoms with E-state index in [0.717, 1.165) is 49.0 Å². The van der Waals surface area contributed by atoms with Crippen LogP contribution in [0.5, 0.6) is 0 Å². The van der Waals surface area contributed by atoms with Crippen LogP contribution in [-0.2, 0) is 11.3 Å². The predicted octanol–water partition coefficient (Wildman–Crippen LogP) is 3.63. The number of benzene rings is 1. The third-order valence-corrected chi connectivity index (χ3v) is 6.19. The van der Waals surface area contributed by atoms with Gasteiger partial charge in [0, 0.05) is 25.6 Å². The summed E-state index contributed by atoms with van der Waals surface area (Å²) in [6, 6.07) is 10.1. The van der Waals surface area contributed by atoms with Crippen LogP contribution in [0, 0.1) is 0 Å². The molecule has 132 valence electrons. The third kappa shape index (κ3) is 3.45. The van der Waals surface area contributed by atoms with Gasteiger partial charge in [-0.3, -0.25) is 4.79 Å². The Morgan fingerprint density at radius 3 is 2.56 bits per heavy atom. The highest BCUT2D eigenvalue weighted by molar-refractivity contribution is 8.00. The van der Waals surface area contributed by atoms with Crippen molar-refractivity contribution in [3.05, 3.63) is 41.7 Å². The summed E-state index contributed by atoms with van der Waals surface area (Å²) >= 11 is 1.55. The molecule has 0 spiro atoms. The number of likely N-dealkylation sites (tertiary alicyclic amines) is 1. The Hall–Kier alpha value is -1.82. The minimum atomic E-state index is -0.249. The molecule has 1 saturated heterocycles. The zero-order chi connectivity index (χ0) is 17.2. The summed E-state index contributed by atoms with van der Waals surface area (Å²) in [5, 5.41) is 9.46. The second-order valence-corrected chi connectivity index (χ2v) is 7.87. The van der Waals surface area contributed by atoms with Crippen LogP contribution in [0.25, 0.3) is 0 Å². The molecule has 0 radical (unpaired) electrons. The monoisotopic (exact) mass is 356 g/mol. The summed E-state index contributed by atoms with van der Waals surface area (Å²) < 4.78 is 2.19. The Bertz CT molecular complexity index is 735. The highest BCUT2D eigenvalue weighted by atomic mass is 32.2. The van der Waals surface area contributed by atoms with Crippen molar-refractivity contribution in [3.63, 3.8) is 0 Å². The molecule has 2 fully saturated rings. The molecular formula is C19H24N4OS. The number of aromatic nitrogens is 3. The molecule has 1 aromatic carbocycles. The van der Waals surface area contributed by atoms with Gasteiger partial charge in [0.15, 0.2) is 5.16 Å². The van der Waals surface area contributed by atoms with E-state index in [-0.39, 0.29) is 11.2 Å². The number of hydrogen-bond donors (Lipinski definition) is 0. The molecule has 1 saturated carbocycles. The highest BCUT2D eigenvalue weighted by Crippen LogP contribution is 2.42. The molecule has 1 aromatic heterocycles. The summed E-state index contributed by atoms with van der Waals surface area (Å²) in [7, 11) is 0. The van der Waals surface area contributed by atoms with Crippen molar-refractivity contribution in [2.75, 3.05) is 13.1 Å². The van der Waals surface area contributed by atoms with E-state index >= 15 is 0 Å². The van der Waals surface area contributed by atoms with Gasteiger partial charge in [0.05, 0.1) is 0 Å². The number of carbonyl (C=O) groups excluding carboxylic acids is 1. The number of rotatable bonds is 6. The van der Waals surface area contributed by atoms with Crippen molar-refractivity contribution in [2.45, 2.75) is 55.5 Å². The molecule has 25 heavy (non-hydrogen) atoms. The lowest BCUT2D eigenvalue weighted by molar-refractivity contribution is -0.129. The van der Waals surface area contributed by atoms with Gasteiger partial charge in [0.25, 0.3) is 0 Å². The molecule has 1 amide bonds. The average Bonchev–Trinajstić information content (AvgIpc) is 3.19. The Kier molecular flexibility index (Phi) is 4.79.